The van der Waals surface area contributed by atoms with E-state index in [9.17, 15) is 9.59 Å². The molecule has 0 atom stereocenters. The van der Waals surface area contributed by atoms with Crippen LogP contribution in [-0.4, -0.2) is 42.3 Å². The average Bonchev–Trinajstić information content (AvgIpc) is 2.82. The molecule has 2 aromatic carbocycles. The minimum Gasteiger partial charge on any atom is -0.870 e. The smallest absolute Gasteiger partial charge is 0.870 e. The third-order valence-electron chi connectivity index (χ3n) is 4.98. The van der Waals surface area contributed by atoms with E-state index >= 15 is 0 Å². The van der Waals surface area contributed by atoms with Crippen LogP contribution in [0.4, 0.5) is 0 Å². The molecule has 196 valence electrons. The summed E-state index contributed by atoms with van der Waals surface area (Å²) < 4.78 is 15.6. The van der Waals surface area contributed by atoms with E-state index in [4.69, 9.17) is 19.3 Å². The molecule has 0 unspecified atom stereocenters. The van der Waals surface area contributed by atoms with Gasteiger partial charge in [-0.2, -0.15) is 0 Å². The maximum atomic E-state index is 11.1. The maximum Gasteiger partial charge on any atom is 1.00 e. The molecule has 0 heterocycles. The van der Waals surface area contributed by atoms with Crippen LogP contribution < -0.4 is 39.0 Å². The van der Waals surface area contributed by atoms with E-state index in [2.05, 4.69) is 12.1 Å². The topological polar surface area (TPSA) is 112 Å². The number of carbonyl (C=O) groups excluding carboxylic acids is 1. The molecule has 0 saturated carbocycles. The summed E-state index contributed by atoms with van der Waals surface area (Å²) in [6.07, 6.45) is 6.25. The number of unbranched alkanes of at least 4 members (excludes halogenated alkanes) is 2. The Hall–Kier alpha value is -2.06. The fraction of sp³-hybridized carbons (Fsp3) is 0.500. The quantitative estimate of drug-likeness (QED) is 0.222. The van der Waals surface area contributed by atoms with Crippen molar-refractivity contribution in [1.29, 1.82) is 0 Å². The third kappa shape index (κ3) is 18.2. The van der Waals surface area contributed by atoms with E-state index in [1.165, 1.54) is 11.1 Å². The van der Waals surface area contributed by atoms with Gasteiger partial charge in [-0.3, -0.25) is 9.59 Å². The van der Waals surface area contributed by atoms with Gasteiger partial charge in [-0.25, -0.2) is 0 Å². The molecular weight excluding hydrogens is 471 g/mol. The monoisotopic (exact) mass is 512 g/mol. The predicted octanol–water partition coefficient (Wildman–Crippen LogP) is 3.07. The second kappa shape index (κ2) is 23.3. The van der Waals surface area contributed by atoms with E-state index in [-0.39, 0.29) is 47.4 Å². The molecule has 0 radical (unpaired) electrons. The number of esters is 1. The van der Waals surface area contributed by atoms with Crippen LogP contribution in [0.5, 0.6) is 11.5 Å². The van der Waals surface area contributed by atoms with E-state index in [0.717, 1.165) is 50.0 Å². The summed E-state index contributed by atoms with van der Waals surface area (Å²) in [5.74, 6) is 0.987. The Labute approximate surface area is 238 Å². The summed E-state index contributed by atoms with van der Waals surface area (Å²) in [5, 5.41) is 8.49. The number of aryl methyl sites for hydroxylation is 2. The number of carboxylic acid groups (broad SMARTS) is 1. The second-order valence-corrected chi connectivity index (χ2v) is 7.77. The summed E-state index contributed by atoms with van der Waals surface area (Å²) >= 11 is 0. The summed E-state index contributed by atoms with van der Waals surface area (Å²) in [6, 6.07) is 16.1. The Kier molecular flexibility index (Phi) is 23.4. The van der Waals surface area contributed by atoms with Gasteiger partial charge in [0.25, 0.3) is 0 Å². The summed E-state index contributed by atoms with van der Waals surface area (Å²) in [7, 11) is 0. The molecule has 0 aliphatic heterocycles. The van der Waals surface area contributed by atoms with E-state index in [0.29, 0.717) is 26.2 Å². The number of rotatable bonds is 15. The molecule has 36 heavy (non-hydrogen) atoms. The Bertz CT molecular complexity index is 808. The van der Waals surface area contributed by atoms with Crippen LogP contribution in [0.2, 0.25) is 0 Å². The van der Waals surface area contributed by atoms with Gasteiger partial charge in [0.2, 0.25) is 0 Å². The Morgan fingerprint density at radius 1 is 0.667 bits per heavy atom. The van der Waals surface area contributed by atoms with Crippen LogP contribution in [-0.2, 0) is 27.2 Å². The molecule has 8 heteroatoms. The van der Waals surface area contributed by atoms with E-state index in [1.807, 2.05) is 57.2 Å². The van der Waals surface area contributed by atoms with Crippen molar-refractivity contribution in [2.24, 2.45) is 0 Å². The first-order valence-corrected chi connectivity index (χ1v) is 12.3. The Balaban J connectivity index is 0. The number of carboxylic acids is 1. The molecule has 2 aromatic rings. The number of hydrogen-bond acceptors (Lipinski definition) is 6. The van der Waals surface area contributed by atoms with Gasteiger partial charge in [-0.1, -0.05) is 24.3 Å². The zero-order chi connectivity index (χ0) is 25.0. The van der Waals surface area contributed by atoms with Gasteiger partial charge in [0.05, 0.1) is 19.8 Å². The first kappa shape index (κ1) is 36.1. The van der Waals surface area contributed by atoms with Crippen LogP contribution in [0.3, 0.4) is 0 Å². The molecule has 0 saturated heterocycles. The van der Waals surface area contributed by atoms with Gasteiger partial charge >= 0.3 is 41.5 Å². The van der Waals surface area contributed by atoms with Crippen molar-refractivity contribution < 1.29 is 63.9 Å². The predicted molar refractivity (Wildman–Crippen MR) is 137 cm³/mol. The van der Waals surface area contributed by atoms with Crippen molar-refractivity contribution in [2.45, 2.75) is 72.1 Å². The fourth-order valence-corrected chi connectivity index (χ4v) is 3.27. The second-order valence-electron chi connectivity index (χ2n) is 7.77. The van der Waals surface area contributed by atoms with Crippen LogP contribution in [0.15, 0.2) is 48.5 Å². The van der Waals surface area contributed by atoms with E-state index < -0.39 is 5.97 Å². The number of ether oxygens (including phenoxy) is 3. The van der Waals surface area contributed by atoms with Crippen LogP contribution in [0.25, 0.3) is 0 Å². The number of carbonyl (C=O) groups is 2. The molecule has 0 aliphatic rings. The average molecular weight is 513 g/mol. The molecule has 2 N–H and O–H groups in total. The Morgan fingerprint density at radius 3 is 1.44 bits per heavy atom. The molecule has 0 bridgehead atoms. The first-order valence-electron chi connectivity index (χ1n) is 12.3. The number of aliphatic carboxylic acids is 1. The zero-order valence-electron chi connectivity index (χ0n) is 22.3. The van der Waals surface area contributed by atoms with Gasteiger partial charge < -0.3 is 24.8 Å². The van der Waals surface area contributed by atoms with Gasteiger partial charge in [0.15, 0.2) is 0 Å². The minimum absolute atomic E-state index is 0. The van der Waals surface area contributed by atoms with Crippen LogP contribution in [0, 0.1) is 0 Å². The normalized spacial score (nSPS) is 9.53. The van der Waals surface area contributed by atoms with Crippen LogP contribution >= 0.6 is 0 Å². The largest absolute Gasteiger partial charge is 1.00 e. The van der Waals surface area contributed by atoms with E-state index in [1.54, 1.807) is 0 Å². The summed E-state index contributed by atoms with van der Waals surface area (Å²) in [4.78, 5) is 21.4. The first-order chi connectivity index (χ1) is 16.5. The van der Waals surface area contributed by atoms with Crippen molar-refractivity contribution in [3.8, 4) is 11.5 Å². The minimum atomic E-state index is -0.716. The zero-order valence-corrected chi connectivity index (χ0v) is 24.3. The summed E-state index contributed by atoms with van der Waals surface area (Å²) in [5.41, 5.74) is 2.51. The number of benzene rings is 2. The molecule has 0 amide bonds. The van der Waals surface area contributed by atoms with Crippen molar-refractivity contribution in [3.63, 3.8) is 0 Å². The molecule has 7 nitrogen and oxygen atoms in total. The molecule has 2 rings (SSSR count). The van der Waals surface area contributed by atoms with Crippen molar-refractivity contribution in [1.82, 2.24) is 0 Å². The summed E-state index contributed by atoms with van der Waals surface area (Å²) in [6.45, 7) is 7.61. The molecule has 0 spiro atoms. The van der Waals surface area contributed by atoms with Crippen molar-refractivity contribution in [2.75, 3.05) is 19.8 Å². The van der Waals surface area contributed by atoms with Gasteiger partial charge in [0.1, 0.15) is 11.5 Å². The SMILES string of the molecule is CCOC(=O)CCCCc1ccc(OCC)cc1.CCOc1ccc(CCCCC(=O)O)cc1.[Na+].[OH-]. The molecular formula is C28H41NaO7. The van der Waals surface area contributed by atoms with Gasteiger partial charge in [-0.05, 0) is 94.7 Å². The Morgan fingerprint density at radius 2 is 1.08 bits per heavy atom. The van der Waals surface area contributed by atoms with Gasteiger partial charge in [0, 0.05) is 12.8 Å². The van der Waals surface area contributed by atoms with Crippen molar-refractivity contribution >= 4 is 11.9 Å². The third-order valence-corrected chi connectivity index (χ3v) is 4.98. The van der Waals surface area contributed by atoms with Crippen molar-refractivity contribution in [3.05, 3.63) is 59.7 Å². The van der Waals surface area contributed by atoms with Gasteiger partial charge in [-0.15, -0.1) is 0 Å². The standard InChI is InChI=1S/C15H22O3.C13H18O3.Na.H2O/c1-3-17-14-11-9-13(10-12-14)7-5-6-8-15(16)18-4-2;1-2-16-12-9-7-11(8-10-12)5-3-4-6-13(14)15;;/h9-12H,3-8H2,1-2H3;7-10H,2-6H2,1H3,(H,14,15);;1H2/q;;+1;/p-1. The molecule has 0 aliphatic carbocycles. The molecule has 0 fully saturated rings. The van der Waals surface area contributed by atoms with Crippen LogP contribution in [0.1, 0.15) is 70.4 Å². The number of hydrogen-bond donors (Lipinski definition) is 1. The maximum absolute atomic E-state index is 11.1. The molecule has 0 aromatic heterocycles. The fourth-order valence-electron chi connectivity index (χ4n) is 3.27.